The maximum absolute atomic E-state index is 6.08. The highest BCUT2D eigenvalue weighted by Crippen LogP contribution is 2.35. The molecule has 0 atom stereocenters. The number of hydrogen-bond acceptors (Lipinski definition) is 6. The highest BCUT2D eigenvalue weighted by atomic mass is 35.5. The zero-order chi connectivity index (χ0) is 17.6. The maximum atomic E-state index is 6.08. The van der Waals surface area contributed by atoms with E-state index < -0.39 is 0 Å². The molecule has 3 heterocycles. The lowest BCUT2D eigenvalue weighted by Gasteiger charge is -2.06. The van der Waals surface area contributed by atoms with E-state index in [1.165, 1.54) is 11.3 Å². The Morgan fingerprint density at radius 3 is 2.72 bits per heavy atom. The molecule has 0 amide bonds. The second kappa shape index (κ2) is 6.29. The molecule has 0 saturated heterocycles. The molecular weight excluding hydrogens is 356 g/mol. The van der Waals surface area contributed by atoms with Crippen LogP contribution in [0.25, 0.3) is 32.0 Å². The Balaban J connectivity index is 1.95. The van der Waals surface area contributed by atoms with Crippen molar-refractivity contribution >= 4 is 44.3 Å². The monoisotopic (exact) mass is 370 g/mol. The average Bonchev–Trinajstić information content (AvgIpc) is 2.98. The van der Waals surface area contributed by atoms with Crippen LogP contribution < -0.4 is 0 Å². The van der Waals surface area contributed by atoms with Crippen molar-refractivity contribution in [2.75, 3.05) is 7.11 Å². The molecule has 0 saturated carbocycles. The van der Waals surface area contributed by atoms with Gasteiger partial charge >= 0.3 is 0 Å². The van der Waals surface area contributed by atoms with Gasteiger partial charge in [0.05, 0.1) is 29.5 Å². The van der Waals surface area contributed by atoms with Crippen LogP contribution in [0.1, 0.15) is 16.8 Å². The Morgan fingerprint density at radius 2 is 1.92 bits per heavy atom. The first kappa shape index (κ1) is 16.3. The predicted octanol–water partition coefficient (Wildman–Crippen LogP) is 4.72. The SMILES string of the molecule is COCc1cnc2c(-c3nc4c(C)cc(Cl)nc4s3)cc(C)cc2n1. The molecule has 0 bridgehead atoms. The number of aromatic nitrogens is 4. The first-order valence-corrected chi connectivity index (χ1v) is 8.94. The van der Waals surface area contributed by atoms with Crippen LogP contribution in [0.5, 0.6) is 0 Å². The molecular formula is C18H15ClN4OS. The summed E-state index contributed by atoms with van der Waals surface area (Å²) in [5, 5.41) is 1.36. The largest absolute Gasteiger partial charge is 0.378 e. The van der Waals surface area contributed by atoms with Crippen LogP contribution in [0.2, 0.25) is 5.15 Å². The minimum atomic E-state index is 0.439. The summed E-state index contributed by atoms with van der Waals surface area (Å²) in [6.07, 6.45) is 1.75. The first-order chi connectivity index (χ1) is 12.0. The van der Waals surface area contributed by atoms with Gasteiger partial charge in [0.1, 0.15) is 20.5 Å². The third-order valence-electron chi connectivity index (χ3n) is 3.89. The number of thiazole rings is 1. The minimum absolute atomic E-state index is 0.439. The van der Waals surface area contributed by atoms with Crippen LogP contribution in [0, 0.1) is 13.8 Å². The molecule has 7 heteroatoms. The van der Waals surface area contributed by atoms with Crippen LogP contribution in [0.4, 0.5) is 0 Å². The number of ether oxygens (including phenoxy) is 1. The number of methoxy groups -OCH3 is 1. The zero-order valence-electron chi connectivity index (χ0n) is 14.0. The highest BCUT2D eigenvalue weighted by molar-refractivity contribution is 7.21. The summed E-state index contributed by atoms with van der Waals surface area (Å²) < 4.78 is 5.15. The van der Waals surface area contributed by atoms with Crippen LogP contribution in [-0.2, 0) is 11.3 Å². The lowest BCUT2D eigenvalue weighted by molar-refractivity contribution is 0.181. The number of pyridine rings is 1. The molecule has 25 heavy (non-hydrogen) atoms. The first-order valence-electron chi connectivity index (χ1n) is 7.74. The predicted molar refractivity (Wildman–Crippen MR) is 101 cm³/mol. The Morgan fingerprint density at radius 1 is 1.08 bits per heavy atom. The highest BCUT2D eigenvalue weighted by Gasteiger charge is 2.15. The Kier molecular flexibility index (Phi) is 4.11. The molecule has 3 aromatic heterocycles. The van der Waals surface area contributed by atoms with Gasteiger partial charge in [-0.05, 0) is 43.2 Å². The van der Waals surface area contributed by atoms with Crippen molar-refractivity contribution < 1.29 is 4.74 Å². The molecule has 0 aliphatic heterocycles. The zero-order valence-corrected chi connectivity index (χ0v) is 15.6. The number of fused-ring (bicyclic) bond motifs is 2. The Labute approximate surface area is 153 Å². The van der Waals surface area contributed by atoms with Crippen LogP contribution >= 0.6 is 22.9 Å². The van der Waals surface area contributed by atoms with Crippen molar-refractivity contribution in [3.05, 3.63) is 46.4 Å². The fourth-order valence-corrected chi connectivity index (χ4v) is 4.15. The molecule has 5 nitrogen and oxygen atoms in total. The van der Waals surface area contributed by atoms with Crippen molar-refractivity contribution in [2.45, 2.75) is 20.5 Å². The Bertz CT molecular complexity index is 1110. The van der Waals surface area contributed by atoms with E-state index in [4.69, 9.17) is 21.3 Å². The molecule has 1 aromatic carbocycles. The Hall–Kier alpha value is -2.15. The number of rotatable bonds is 3. The van der Waals surface area contributed by atoms with Gasteiger partial charge in [0.2, 0.25) is 0 Å². The summed E-state index contributed by atoms with van der Waals surface area (Å²) in [5.74, 6) is 0. The van der Waals surface area contributed by atoms with Gasteiger partial charge in [-0.2, -0.15) is 0 Å². The summed E-state index contributed by atoms with van der Waals surface area (Å²) in [5.41, 5.74) is 6.43. The van der Waals surface area contributed by atoms with Gasteiger partial charge < -0.3 is 4.74 Å². The van der Waals surface area contributed by atoms with Crippen molar-refractivity contribution in [1.82, 2.24) is 19.9 Å². The second-order valence-electron chi connectivity index (χ2n) is 5.91. The van der Waals surface area contributed by atoms with Gasteiger partial charge in [0.15, 0.2) is 0 Å². The van der Waals surface area contributed by atoms with Crippen LogP contribution in [-0.4, -0.2) is 27.0 Å². The standard InChI is InChI=1S/C18H15ClN4OS/c1-9-4-12(16-13(5-9)21-11(7-20-16)8-24-3)17-23-15-10(2)6-14(19)22-18(15)25-17/h4-7H,8H2,1-3H3. The number of benzene rings is 1. The van der Waals surface area contributed by atoms with Crippen LogP contribution in [0.3, 0.4) is 0 Å². The van der Waals surface area contributed by atoms with E-state index in [0.717, 1.165) is 48.8 Å². The summed E-state index contributed by atoms with van der Waals surface area (Å²) in [4.78, 5) is 19.3. The molecule has 0 aliphatic rings. The quantitative estimate of drug-likeness (QED) is 0.488. The number of halogens is 1. The van der Waals surface area contributed by atoms with Crippen molar-refractivity contribution in [2.24, 2.45) is 0 Å². The van der Waals surface area contributed by atoms with Gasteiger partial charge in [-0.1, -0.05) is 22.9 Å². The maximum Gasteiger partial charge on any atom is 0.145 e. The molecule has 0 aliphatic carbocycles. The summed E-state index contributed by atoms with van der Waals surface area (Å²) >= 11 is 7.60. The van der Waals surface area contributed by atoms with E-state index in [-0.39, 0.29) is 0 Å². The fraction of sp³-hybridized carbons (Fsp3) is 0.222. The molecule has 0 radical (unpaired) electrons. The molecule has 0 fully saturated rings. The van der Waals surface area contributed by atoms with E-state index >= 15 is 0 Å². The van der Waals surface area contributed by atoms with E-state index in [0.29, 0.717) is 11.8 Å². The van der Waals surface area contributed by atoms with E-state index in [2.05, 4.69) is 21.0 Å². The van der Waals surface area contributed by atoms with Gasteiger partial charge in [0, 0.05) is 12.7 Å². The summed E-state index contributed by atoms with van der Waals surface area (Å²) in [6, 6.07) is 5.94. The topological polar surface area (TPSA) is 60.8 Å². The fourth-order valence-electron chi connectivity index (χ4n) is 2.82. The van der Waals surface area contributed by atoms with E-state index in [1.54, 1.807) is 13.3 Å². The third kappa shape index (κ3) is 2.97. The summed E-state index contributed by atoms with van der Waals surface area (Å²) in [7, 11) is 1.65. The smallest absolute Gasteiger partial charge is 0.145 e. The molecule has 0 spiro atoms. The average molecular weight is 371 g/mol. The molecule has 126 valence electrons. The van der Waals surface area contributed by atoms with Gasteiger partial charge in [-0.15, -0.1) is 0 Å². The number of nitrogens with zero attached hydrogens (tertiary/aromatic N) is 4. The number of hydrogen-bond donors (Lipinski definition) is 0. The molecule has 0 unspecified atom stereocenters. The molecule has 4 rings (SSSR count). The van der Waals surface area contributed by atoms with Crippen molar-refractivity contribution in [3.63, 3.8) is 0 Å². The van der Waals surface area contributed by atoms with Crippen LogP contribution in [0.15, 0.2) is 24.4 Å². The second-order valence-corrected chi connectivity index (χ2v) is 7.27. The van der Waals surface area contributed by atoms with E-state index in [9.17, 15) is 0 Å². The third-order valence-corrected chi connectivity index (χ3v) is 5.07. The lowest BCUT2D eigenvalue weighted by atomic mass is 10.1. The number of aryl methyl sites for hydroxylation is 2. The minimum Gasteiger partial charge on any atom is -0.378 e. The van der Waals surface area contributed by atoms with Crippen molar-refractivity contribution in [1.29, 1.82) is 0 Å². The van der Waals surface area contributed by atoms with Gasteiger partial charge in [-0.3, -0.25) is 4.98 Å². The lowest BCUT2D eigenvalue weighted by Crippen LogP contribution is -1.96. The molecule has 4 aromatic rings. The van der Waals surface area contributed by atoms with Gasteiger partial charge in [-0.25, -0.2) is 15.0 Å². The van der Waals surface area contributed by atoms with E-state index in [1.807, 2.05) is 26.0 Å². The normalized spacial score (nSPS) is 11.5. The van der Waals surface area contributed by atoms with Crippen molar-refractivity contribution in [3.8, 4) is 10.6 Å². The summed E-state index contributed by atoms with van der Waals surface area (Å²) in [6.45, 7) is 4.47. The molecule has 0 N–H and O–H groups in total. The van der Waals surface area contributed by atoms with Gasteiger partial charge in [0.25, 0.3) is 0 Å².